The summed E-state index contributed by atoms with van der Waals surface area (Å²) in [6.07, 6.45) is 1.60. The van der Waals surface area contributed by atoms with E-state index in [2.05, 4.69) is 15.3 Å². The minimum absolute atomic E-state index is 0.0189. The molecule has 11 heteroatoms. The van der Waals surface area contributed by atoms with E-state index >= 15 is 0 Å². The number of carbonyl (C=O) groups excluding carboxylic acids is 1. The molecule has 0 atom stereocenters. The first kappa shape index (κ1) is 20.8. The van der Waals surface area contributed by atoms with E-state index in [1.54, 1.807) is 36.6 Å². The lowest BCUT2D eigenvalue weighted by atomic mass is 10.2. The topological polar surface area (TPSA) is 120 Å². The van der Waals surface area contributed by atoms with Crippen molar-refractivity contribution in [3.63, 3.8) is 0 Å². The number of amides is 1. The third-order valence-corrected chi connectivity index (χ3v) is 6.36. The number of rotatable bonds is 7. The quantitative estimate of drug-likeness (QED) is 0.233. The molecule has 33 heavy (non-hydrogen) atoms. The van der Waals surface area contributed by atoms with Gasteiger partial charge >= 0.3 is 0 Å². The van der Waals surface area contributed by atoms with Crippen molar-refractivity contribution in [2.24, 2.45) is 0 Å². The highest BCUT2D eigenvalue weighted by molar-refractivity contribution is 7.22. The minimum atomic E-state index is -0.465. The van der Waals surface area contributed by atoms with E-state index in [1.165, 1.54) is 34.8 Å². The highest BCUT2D eigenvalue weighted by Gasteiger charge is 2.13. The molecule has 0 radical (unpaired) electrons. The molecule has 3 heterocycles. The van der Waals surface area contributed by atoms with Crippen molar-refractivity contribution in [3.8, 4) is 17.2 Å². The summed E-state index contributed by atoms with van der Waals surface area (Å²) in [7, 11) is 0. The molecule has 164 valence electrons. The Morgan fingerprint density at radius 1 is 1.15 bits per heavy atom. The van der Waals surface area contributed by atoms with Crippen LogP contribution in [-0.4, -0.2) is 20.8 Å². The Balaban J connectivity index is 1.21. The van der Waals surface area contributed by atoms with Gasteiger partial charge in [-0.15, -0.1) is 11.3 Å². The van der Waals surface area contributed by atoms with Crippen LogP contribution < -0.4 is 10.1 Å². The molecule has 5 rings (SSSR count). The van der Waals surface area contributed by atoms with Gasteiger partial charge in [-0.3, -0.25) is 20.2 Å². The van der Waals surface area contributed by atoms with Gasteiger partial charge in [0.05, 0.1) is 21.4 Å². The molecule has 1 N–H and O–H groups in total. The molecule has 2 aromatic carbocycles. The van der Waals surface area contributed by atoms with Crippen molar-refractivity contribution in [1.29, 1.82) is 0 Å². The van der Waals surface area contributed by atoms with Crippen LogP contribution in [0.5, 0.6) is 5.75 Å². The first-order valence-electron chi connectivity index (χ1n) is 9.62. The highest BCUT2D eigenvalue weighted by Crippen LogP contribution is 2.29. The second-order valence-corrected chi connectivity index (χ2v) is 8.77. The Morgan fingerprint density at radius 2 is 2.00 bits per heavy atom. The lowest BCUT2D eigenvalue weighted by Gasteiger charge is -2.06. The number of hydrogen-bond acceptors (Lipinski definition) is 9. The van der Waals surface area contributed by atoms with Crippen LogP contribution in [0.15, 0.2) is 70.7 Å². The number of ether oxygens (including phenoxy) is 1. The number of nitro benzene ring substituents is 1. The number of anilines is 1. The van der Waals surface area contributed by atoms with E-state index in [9.17, 15) is 14.9 Å². The van der Waals surface area contributed by atoms with Gasteiger partial charge < -0.3 is 9.15 Å². The van der Waals surface area contributed by atoms with Gasteiger partial charge in [0.25, 0.3) is 11.6 Å². The maximum absolute atomic E-state index is 12.6. The average molecular weight is 479 g/mol. The van der Waals surface area contributed by atoms with E-state index in [0.717, 1.165) is 10.7 Å². The van der Waals surface area contributed by atoms with Crippen LogP contribution in [-0.2, 0) is 6.61 Å². The van der Waals surface area contributed by atoms with Crippen LogP contribution in [0.1, 0.15) is 15.4 Å². The number of aromatic nitrogens is 2. The van der Waals surface area contributed by atoms with Gasteiger partial charge in [-0.25, -0.2) is 9.97 Å². The number of nitro groups is 1. The fourth-order valence-electron chi connectivity index (χ4n) is 3.01. The van der Waals surface area contributed by atoms with Crippen molar-refractivity contribution in [1.82, 2.24) is 9.97 Å². The summed E-state index contributed by atoms with van der Waals surface area (Å²) in [4.78, 5) is 31.8. The largest absolute Gasteiger partial charge is 0.486 e. The smallest absolute Gasteiger partial charge is 0.270 e. The second-order valence-electron chi connectivity index (χ2n) is 6.80. The molecule has 0 saturated carbocycles. The molecule has 5 aromatic rings. The molecule has 0 unspecified atom stereocenters. The van der Waals surface area contributed by atoms with Gasteiger partial charge in [0.15, 0.2) is 10.9 Å². The van der Waals surface area contributed by atoms with Crippen LogP contribution in [0.4, 0.5) is 10.8 Å². The summed E-state index contributed by atoms with van der Waals surface area (Å²) in [5.74, 6) is 0.978. The maximum Gasteiger partial charge on any atom is 0.270 e. The fraction of sp³-hybridized carbons (Fsp3) is 0.0455. The number of hydrogen-bond donors (Lipinski definition) is 1. The van der Waals surface area contributed by atoms with Gasteiger partial charge in [0.1, 0.15) is 23.1 Å². The molecule has 3 aromatic heterocycles. The molecule has 0 aliphatic rings. The molecule has 0 aliphatic heterocycles. The zero-order valence-corrected chi connectivity index (χ0v) is 18.4. The molecule has 0 bridgehead atoms. The predicted octanol–water partition coefficient (Wildman–Crippen LogP) is 5.75. The first-order valence-corrected chi connectivity index (χ1v) is 11.3. The van der Waals surface area contributed by atoms with Gasteiger partial charge in [-0.05, 0) is 42.5 Å². The van der Waals surface area contributed by atoms with Crippen LogP contribution >= 0.6 is 22.7 Å². The summed E-state index contributed by atoms with van der Waals surface area (Å²) < 4.78 is 11.7. The lowest BCUT2D eigenvalue weighted by molar-refractivity contribution is -0.384. The van der Waals surface area contributed by atoms with E-state index in [-0.39, 0.29) is 11.6 Å². The van der Waals surface area contributed by atoms with Gasteiger partial charge in [-0.1, -0.05) is 11.3 Å². The van der Waals surface area contributed by atoms with Gasteiger partial charge in [0.2, 0.25) is 0 Å². The van der Waals surface area contributed by atoms with E-state index in [4.69, 9.17) is 9.15 Å². The Morgan fingerprint density at radius 3 is 2.76 bits per heavy atom. The van der Waals surface area contributed by atoms with Crippen molar-refractivity contribution in [2.75, 3.05) is 5.32 Å². The molecule has 9 nitrogen and oxygen atoms in total. The van der Waals surface area contributed by atoms with Crippen molar-refractivity contribution >= 4 is 49.6 Å². The zero-order chi connectivity index (χ0) is 22.8. The third kappa shape index (κ3) is 4.59. The normalized spacial score (nSPS) is 10.9. The number of furan rings is 1. The zero-order valence-electron chi connectivity index (χ0n) is 16.8. The first-order chi connectivity index (χ1) is 16.0. The predicted molar refractivity (Wildman–Crippen MR) is 125 cm³/mol. The summed E-state index contributed by atoms with van der Waals surface area (Å²) in [5.41, 5.74) is 1.76. The van der Waals surface area contributed by atoms with E-state index in [0.29, 0.717) is 39.0 Å². The SMILES string of the molecule is O=C(Nc1nc2ccc([N+](=O)[O-])cc2s1)c1ccc(OCc2nc(-c3ccco3)cs2)cc1. The van der Waals surface area contributed by atoms with Crippen molar-refractivity contribution in [3.05, 3.63) is 86.9 Å². The van der Waals surface area contributed by atoms with E-state index in [1.807, 2.05) is 17.5 Å². The number of thiazole rings is 2. The maximum atomic E-state index is 12.6. The third-order valence-electron chi connectivity index (χ3n) is 4.61. The summed E-state index contributed by atoms with van der Waals surface area (Å²) in [5, 5.41) is 16.7. The Kier molecular flexibility index (Phi) is 5.55. The van der Waals surface area contributed by atoms with Crippen LogP contribution in [0.2, 0.25) is 0 Å². The molecule has 0 spiro atoms. The fourth-order valence-corrected chi connectivity index (χ4v) is 4.60. The average Bonchev–Trinajstić information content (AvgIpc) is 3.57. The van der Waals surface area contributed by atoms with Crippen LogP contribution in [0, 0.1) is 10.1 Å². The second kappa shape index (κ2) is 8.81. The molecule has 0 fully saturated rings. The summed E-state index contributed by atoms with van der Waals surface area (Å²) in [6, 6.07) is 14.8. The standard InChI is InChI=1S/C22H14N4O5S2/c27-21(25-22-24-16-8-5-14(26(28)29)10-19(16)33-22)13-3-6-15(7-4-13)31-11-20-23-17(12-32-20)18-2-1-9-30-18/h1-10,12H,11H2,(H,24,25,27). The van der Waals surface area contributed by atoms with E-state index < -0.39 is 4.92 Å². The number of benzene rings is 2. The van der Waals surface area contributed by atoms with Crippen LogP contribution in [0.25, 0.3) is 21.7 Å². The molecule has 0 saturated heterocycles. The molecule has 1 amide bonds. The van der Waals surface area contributed by atoms with Crippen LogP contribution in [0.3, 0.4) is 0 Å². The summed E-state index contributed by atoms with van der Waals surface area (Å²) >= 11 is 2.65. The summed E-state index contributed by atoms with van der Waals surface area (Å²) in [6.45, 7) is 0.300. The number of non-ortho nitro benzene ring substituents is 1. The monoisotopic (exact) mass is 478 g/mol. The van der Waals surface area contributed by atoms with Crippen molar-refractivity contribution in [2.45, 2.75) is 6.61 Å². The van der Waals surface area contributed by atoms with Gasteiger partial charge in [0, 0.05) is 23.1 Å². The number of nitrogens with one attached hydrogen (secondary N) is 1. The number of carbonyl (C=O) groups is 1. The molecule has 0 aliphatic carbocycles. The Labute approximate surface area is 194 Å². The lowest BCUT2D eigenvalue weighted by Crippen LogP contribution is -2.11. The highest BCUT2D eigenvalue weighted by atomic mass is 32.1. The number of fused-ring (bicyclic) bond motifs is 1. The molecular weight excluding hydrogens is 464 g/mol. The molecular formula is C22H14N4O5S2. The Hall–Kier alpha value is -4.09. The van der Waals surface area contributed by atoms with Crippen molar-refractivity contribution < 1.29 is 18.9 Å². The minimum Gasteiger partial charge on any atom is -0.486 e. The number of nitrogens with zero attached hydrogens (tertiary/aromatic N) is 3. The van der Waals surface area contributed by atoms with Gasteiger partial charge in [-0.2, -0.15) is 0 Å². The Bertz CT molecular complexity index is 1440.